The van der Waals surface area contributed by atoms with Crippen molar-refractivity contribution < 1.29 is 4.79 Å². The summed E-state index contributed by atoms with van der Waals surface area (Å²) in [6.07, 6.45) is 4.16. The van der Waals surface area contributed by atoms with Gasteiger partial charge >= 0.3 is 0 Å². The van der Waals surface area contributed by atoms with E-state index in [4.69, 9.17) is 0 Å². The fraction of sp³-hybridized carbons (Fsp3) is 0.900. The van der Waals surface area contributed by atoms with Crippen molar-refractivity contribution in [3.63, 3.8) is 0 Å². The van der Waals surface area contributed by atoms with Crippen molar-refractivity contribution in [2.75, 3.05) is 19.3 Å². The fourth-order valence-electron chi connectivity index (χ4n) is 1.40. The van der Waals surface area contributed by atoms with Crippen LogP contribution in [0.5, 0.6) is 0 Å². The Hall–Kier alpha value is 0.0700. The standard InChI is InChI=1S/C10H20N2OS.ClH/c1-10(2,14-3)7-12-9(13)8-5-4-6-11-8;/h8,11H,4-7H2,1-3H3,(H,12,13);1H. The molecule has 1 heterocycles. The number of thioether (sulfide) groups is 1. The number of halogens is 1. The quantitative estimate of drug-likeness (QED) is 0.795. The van der Waals surface area contributed by atoms with Crippen LogP contribution in [0.15, 0.2) is 0 Å². The third-order valence-electron chi connectivity index (χ3n) is 2.62. The van der Waals surface area contributed by atoms with Gasteiger partial charge in [0, 0.05) is 11.3 Å². The van der Waals surface area contributed by atoms with Crippen molar-refractivity contribution in [2.24, 2.45) is 0 Å². The van der Waals surface area contributed by atoms with Crippen LogP contribution in [0.25, 0.3) is 0 Å². The topological polar surface area (TPSA) is 41.1 Å². The maximum Gasteiger partial charge on any atom is 0.237 e. The molecule has 90 valence electrons. The summed E-state index contributed by atoms with van der Waals surface area (Å²) < 4.78 is 0.133. The summed E-state index contributed by atoms with van der Waals surface area (Å²) in [7, 11) is 0. The Morgan fingerprint density at radius 2 is 2.27 bits per heavy atom. The predicted molar refractivity (Wildman–Crippen MR) is 68.9 cm³/mol. The highest BCUT2D eigenvalue weighted by Gasteiger charge is 2.24. The molecule has 3 nitrogen and oxygen atoms in total. The van der Waals surface area contributed by atoms with Crippen LogP contribution in [0, 0.1) is 0 Å². The summed E-state index contributed by atoms with van der Waals surface area (Å²) >= 11 is 1.78. The van der Waals surface area contributed by atoms with E-state index in [0.29, 0.717) is 0 Å². The molecule has 0 aliphatic carbocycles. The predicted octanol–water partition coefficient (Wildman–Crippen LogP) is 1.42. The lowest BCUT2D eigenvalue weighted by Crippen LogP contribution is -2.44. The van der Waals surface area contributed by atoms with Gasteiger partial charge in [0.15, 0.2) is 0 Å². The van der Waals surface area contributed by atoms with Crippen molar-refractivity contribution in [2.45, 2.75) is 37.5 Å². The van der Waals surface area contributed by atoms with Crippen molar-refractivity contribution in [3.05, 3.63) is 0 Å². The van der Waals surface area contributed by atoms with Gasteiger partial charge in [0.05, 0.1) is 6.04 Å². The first kappa shape index (κ1) is 15.1. The number of hydrogen-bond donors (Lipinski definition) is 2. The normalized spacial score (nSPS) is 20.9. The van der Waals surface area contributed by atoms with E-state index >= 15 is 0 Å². The largest absolute Gasteiger partial charge is 0.353 e. The van der Waals surface area contributed by atoms with Gasteiger partial charge in [-0.3, -0.25) is 4.79 Å². The van der Waals surface area contributed by atoms with Crippen LogP contribution in [-0.2, 0) is 4.79 Å². The molecule has 0 aromatic rings. The highest BCUT2D eigenvalue weighted by molar-refractivity contribution is 7.99. The first-order valence-electron chi connectivity index (χ1n) is 5.11. The molecule has 1 amide bonds. The van der Waals surface area contributed by atoms with Crippen LogP contribution >= 0.6 is 24.2 Å². The Bertz CT molecular complexity index is 206. The number of hydrogen-bond acceptors (Lipinski definition) is 3. The van der Waals surface area contributed by atoms with Crippen molar-refractivity contribution >= 4 is 30.1 Å². The fourth-order valence-corrected chi connectivity index (χ4v) is 1.62. The van der Waals surface area contributed by atoms with Gasteiger partial charge in [-0.2, -0.15) is 11.8 Å². The molecule has 0 aromatic heterocycles. The third-order valence-corrected chi connectivity index (χ3v) is 3.87. The van der Waals surface area contributed by atoms with Crippen LogP contribution in [0.4, 0.5) is 0 Å². The zero-order chi connectivity index (χ0) is 10.6. The minimum absolute atomic E-state index is 0. The van der Waals surface area contributed by atoms with Gasteiger partial charge < -0.3 is 10.6 Å². The summed E-state index contributed by atoms with van der Waals surface area (Å²) in [6.45, 7) is 6.00. The second-order valence-electron chi connectivity index (χ2n) is 4.33. The zero-order valence-electron chi connectivity index (χ0n) is 9.63. The molecule has 0 saturated carbocycles. The van der Waals surface area contributed by atoms with E-state index in [1.807, 2.05) is 0 Å². The van der Waals surface area contributed by atoms with Crippen molar-refractivity contribution in [1.82, 2.24) is 10.6 Å². The van der Waals surface area contributed by atoms with Gasteiger partial charge in [-0.05, 0) is 39.5 Å². The van der Waals surface area contributed by atoms with Crippen molar-refractivity contribution in [3.8, 4) is 0 Å². The number of nitrogens with one attached hydrogen (secondary N) is 2. The summed E-state index contributed by atoms with van der Waals surface area (Å²) in [5.74, 6) is 0.157. The molecule has 0 aromatic carbocycles. The molecule has 2 N–H and O–H groups in total. The summed E-state index contributed by atoms with van der Waals surface area (Å²) in [5, 5.41) is 6.19. The van der Waals surface area contributed by atoms with E-state index in [1.165, 1.54) is 0 Å². The molecule has 1 saturated heterocycles. The second kappa shape index (κ2) is 6.61. The summed E-state index contributed by atoms with van der Waals surface area (Å²) in [6, 6.07) is 0.0488. The van der Waals surface area contributed by atoms with Gasteiger partial charge in [0.1, 0.15) is 0 Å². The monoisotopic (exact) mass is 252 g/mol. The molecule has 0 spiro atoms. The molecule has 1 atom stereocenters. The molecular formula is C10H21ClN2OS. The average molecular weight is 253 g/mol. The SMILES string of the molecule is CSC(C)(C)CNC(=O)C1CCCN1.Cl. The second-order valence-corrected chi connectivity index (χ2v) is 5.84. The van der Waals surface area contributed by atoms with Crippen LogP contribution in [-0.4, -0.2) is 36.0 Å². The Kier molecular flexibility index (Phi) is 6.64. The van der Waals surface area contributed by atoms with Crippen LogP contribution < -0.4 is 10.6 Å². The number of carbonyl (C=O) groups is 1. The molecule has 5 heteroatoms. The van der Waals surface area contributed by atoms with Crippen LogP contribution in [0.3, 0.4) is 0 Å². The molecule has 1 aliphatic rings. The maximum absolute atomic E-state index is 11.6. The lowest BCUT2D eigenvalue weighted by Gasteiger charge is -2.23. The molecule has 1 unspecified atom stereocenters. The van der Waals surface area contributed by atoms with E-state index < -0.39 is 0 Å². The maximum atomic E-state index is 11.6. The zero-order valence-corrected chi connectivity index (χ0v) is 11.3. The van der Waals surface area contributed by atoms with E-state index in [9.17, 15) is 4.79 Å². The molecule has 1 aliphatic heterocycles. The Balaban J connectivity index is 0.00000196. The smallest absolute Gasteiger partial charge is 0.237 e. The van der Waals surface area contributed by atoms with Crippen LogP contribution in [0.2, 0.25) is 0 Å². The van der Waals surface area contributed by atoms with E-state index in [2.05, 4.69) is 30.7 Å². The lowest BCUT2D eigenvalue weighted by atomic mass is 10.2. The first-order valence-corrected chi connectivity index (χ1v) is 6.34. The molecule has 0 radical (unpaired) electrons. The highest BCUT2D eigenvalue weighted by atomic mass is 35.5. The van der Waals surface area contributed by atoms with Gasteiger partial charge in [-0.15, -0.1) is 12.4 Å². The Morgan fingerprint density at radius 3 is 2.73 bits per heavy atom. The van der Waals surface area contributed by atoms with E-state index in [-0.39, 0.29) is 29.1 Å². The van der Waals surface area contributed by atoms with E-state index in [0.717, 1.165) is 25.9 Å². The number of amides is 1. The summed E-state index contributed by atoms with van der Waals surface area (Å²) in [5.41, 5.74) is 0. The van der Waals surface area contributed by atoms with Crippen LogP contribution in [0.1, 0.15) is 26.7 Å². The van der Waals surface area contributed by atoms with Gasteiger partial charge in [-0.1, -0.05) is 0 Å². The molecule has 1 rings (SSSR count). The minimum atomic E-state index is 0. The van der Waals surface area contributed by atoms with Gasteiger partial charge in [0.2, 0.25) is 5.91 Å². The molecular weight excluding hydrogens is 232 g/mol. The number of carbonyl (C=O) groups excluding carboxylic acids is 1. The summed E-state index contributed by atoms with van der Waals surface area (Å²) in [4.78, 5) is 11.6. The number of rotatable bonds is 4. The Labute approximate surface area is 103 Å². The van der Waals surface area contributed by atoms with Gasteiger partial charge in [-0.25, -0.2) is 0 Å². The minimum Gasteiger partial charge on any atom is -0.353 e. The Morgan fingerprint density at radius 1 is 1.60 bits per heavy atom. The molecule has 1 fully saturated rings. The third kappa shape index (κ3) is 5.09. The molecule has 15 heavy (non-hydrogen) atoms. The van der Waals surface area contributed by atoms with Gasteiger partial charge in [0.25, 0.3) is 0 Å². The van der Waals surface area contributed by atoms with Crippen molar-refractivity contribution in [1.29, 1.82) is 0 Å². The molecule has 0 bridgehead atoms. The first-order chi connectivity index (χ1) is 6.55. The highest BCUT2D eigenvalue weighted by Crippen LogP contribution is 2.19. The average Bonchev–Trinajstić information content (AvgIpc) is 2.67. The van der Waals surface area contributed by atoms with E-state index in [1.54, 1.807) is 11.8 Å². The lowest BCUT2D eigenvalue weighted by molar-refractivity contribution is -0.122.